The van der Waals surface area contributed by atoms with Gasteiger partial charge in [0, 0.05) is 44.2 Å². The smallest absolute Gasteiger partial charge is 0.255 e. The van der Waals surface area contributed by atoms with Crippen molar-refractivity contribution < 1.29 is 14.4 Å². The van der Waals surface area contributed by atoms with Crippen molar-refractivity contribution in [3.63, 3.8) is 0 Å². The number of benzene rings is 2. The van der Waals surface area contributed by atoms with Gasteiger partial charge in [0.15, 0.2) is 0 Å². The fourth-order valence-corrected chi connectivity index (χ4v) is 3.08. The van der Waals surface area contributed by atoms with E-state index in [4.69, 9.17) is 5.26 Å². The number of piperazine rings is 1. The molecule has 1 aliphatic heterocycles. The molecule has 0 radical (unpaired) electrons. The molecule has 0 aliphatic carbocycles. The van der Waals surface area contributed by atoms with Crippen LogP contribution in [0, 0.1) is 11.3 Å². The number of para-hydroxylation sites is 1. The molecule has 0 saturated carbocycles. The highest BCUT2D eigenvalue weighted by Crippen LogP contribution is 2.16. The number of amides is 3. The van der Waals surface area contributed by atoms with E-state index in [-0.39, 0.29) is 11.8 Å². The molecule has 1 N–H and O–H groups in total. The largest absolute Gasteiger partial charge is 0.339 e. The quantitative estimate of drug-likeness (QED) is 0.888. The highest BCUT2D eigenvalue weighted by atomic mass is 16.2. The first kappa shape index (κ1) is 19.1. The molecule has 142 valence electrons. The van der Waals surface area contributed by atoms with Crippen LogP contribution >= 0.6 is 0 Å². The van der Waals surface area contributed by atoms with E-state index in [0.717, 1.165) is 0 Å². The Morgan fingerprint density at radius 3 is 2.25 bits per heavy atom. The van der Waals surface area contributed by atoms with Crippen molar-refractivity contribution in [2.45, 2.75) is 6.92 Å². The molecule has 1 heterocycles. The first-order valence-corrected chi connectivity index (χ1v) is 8.95. The minimum absolute atomic E-state index is 0.00316. The van der Waals surface area contributed by atoms with Gasteiger partial charge in [-0.3, -0.25) is 14.4 Å². The lowest BCUT2D eigenvalue weighted by Crippen LogP contribution is -2.50. The van der Waals surface area contributed by atoms with Crippen molar-refractivity contribution >= 4 is 23.4 Å². The second-order valence-corrected chi connectivity index (χ2v) is 6.49. The second-order valence-electron chi connectivity index (χ2n) is 6.49. The second kappa shape index (κ2) is 8.35. The minimum Gasteiger partial charge on any atom is -0.339 e. The summed E-state index contributed by atoms with van der Waals surface area (Å²) in [5, 5.41) is 11.9. The number of hydrogen-bond donors (Lipinski definition) is 1. The van der Waals surface area contributed by atoms with Crippen LogP contribution in [0.4, 0.5) is 5.69 Å². The Hall–Kier alpha value is -3.66. The van der Waals surface area contributed by atoms with E-state index in [0.29, 0.717) is 48.6 Å². The van der Waals surface area contributed by atoms with Crippen molar-refractivity contribution in [1.29, 1.82) is 5.26 Å². The number of nitrogens with one attached hydrogen (secondary N) is 1. The van der Waals surface area contributed by atoms with Gasteiger partial charge in [-0.25, -0.2) is 0 Å². The summed E-state index contributed by atoms with van der Waals surface area (Å²) in [7, 11) is 0. The summed E-state index contributed by atoms with van der Waals surface area (Å²) >= 11 is 0. The van der Waals surface area contributed by atoms with Crippen molar-refractivity contribution in [1.82, 2.24) is 9.80 Å². The fraction of sp³-hybridized carbons (Fsp3) is 0.238. The minimum atomic E-state index is -0.390. The molecule has 0 atom stereocenters. The third-order valence-corrected chi connectivity index (χ3v) is 4.68. The first-order chi connectivity index (χ1) is 13.5. The topological polar surface area (TPSA) is 93.5 Å². The molecule has 0 spiro atoms. The number of anilines is 1. The standard InChI is InChI=1S/C21H20N4O3/c1-15(26)24-9-11-25(12-10-24)21(28)17-7-4-6-16(13-17)20(27)23-19-8-3-2-5-18(19)14-22/h2-8,13H,9-12H2,1H3,(H,23,27). The number of carbonyl (C=O) groups excluding carboxylic acids is 3. The molecule has 1 aliphatic rings. The van der Waals surface area contributed by atoms with Crippen LogP contribution < -0.4 is 5.32 Å². The van der Waals surface area contributed by atoms with Gasteiger partial charge in [0.1, 0.15) is 6.07 Å². The summed E-state index contributed by atoms with van der Waals surface area (Å²) in [4.78, 5) is 40.1. The zero-order valence-corrected chi connectivity index (χ0v) is 15.5. The molecule has 0 aromatic heterocycles. The Labute approximate surface area is 163 Å². The van der Waals surface area contributed by atoms with Crippen molar-refractivity contribution in [2.75, 3.05) is 31.5 Å². The normalized spacial score (nSPS) is 13.6. The van der Waals surface area contributed by atoms with Gasteiger partial charge in [-0.2, -0.15) is 5.26 Å². The van der Waals surface area contributed by atoms with Crippen LogP contribution in [-0.2, 0) is 4.79 Å². The lowest BCUT2D eigenvalue weighted by molar-refractivity contribution is -0.130. The molecular formula is C21H20N4O3. The molecule has 0 bridgehead atoms. The van der Waals surface area contributed by atoms with Gasteiger partial charge in [0.25, 0.3) is 11.8 Å². The molecular weight excluding hydrogens is 356 g/mol. The van der Waals surface area contributed by atoms with Gasteiger partial charge in [0.05, 0.1) is 11.3 Å². The highest BCUT2D eigenvalue weighted by Gasteiger charge is 2.23. The van der Waals surface area contributed by atoms with Crippen LogP contribution in [0.3, 0.4) is 0 Å². The van der Waals surface area contributed by atoms with Gasteiger partial charge in [-0.1, -0.05) is 18.2 Å². The van der Waals surface area contributed by atoms with E-state index in [1.165, 1.54) is 6.92 Å². The number of carbonyl (C=O) groups is 3. The zero-order chi connectivity index (χ0) is 20.1. The Bertz CT molecular complexity index is 956. The maximum Gasteiger partial charge on any atom is 0.255 e. The Morgan fingerprint density at radius 1 is 0.929 bits per heavy atom. The third kappa shape index (κ3) is 4.18. The summed E-state index contributed by atoms with van der Waals surface area (Å²) in [6.07, 6.45) is 0. The van der Waals surface area contributed by atoms with Gasteiger partial charge in [0.2, 0.25) is 5.91 Å². The molecule has 1 saturated heterocycles. The molecule has 1 fully saturated rings. The van der Waals surface area contributed by atoms with E-state index in [1.54, 1.807) is 58.3 Å². The number of hydrogen-bond acceptors (Lipinski definition) is 4. The monoisotopic (exact) mass is 376 g/mol. The van der Waals surface area contributed by atoms with E-state index >= 15 is 0 Å². The van der Waals surface area contributed by atoms with Gasteiger partial charge in [-0.15, -0.1) is 0 Å². The predicted molar refractivity (Wildman–Crippen MR) is 104 cm³/mol. The van der Waals surface area contributed by atoms with Crippen LogP contribution in [0.15, 0.2) is 48.5 Å². The molecule has 7 nitrogen and oxygen atoms in total. The van der Waals surface area contributed by atoms with Crippen LogP contribution in [0.5, 0.6) is 0 Å². The summed E-state index contributed by atoms with van der Waals surface area (Å²) in [6.45, 7) is 3.46. The average Bonchev–Trinajstić information content (AvgIpc) is 2.73. The van der Waals surface area contributed by atoms with Crippen LogP contribution in [0.1, 0.15) is 33.2 Å². The lowest BCUT2D eigenvalue weighted by atomic mass is 10.1. The average molecular weight is 376 g/mol. The molecule has 0 unspecified atom stereocenters. The molecule has 2 aromatic rings. The summed E-state index contributed by atoms with van der Waals surface area (Å²) in [5.74, 6) is -0.558. The molecule has 7 heteroatoms. The fourth-order valence-electron chi connectivity index (χ4n) is 3.08. The van der Waals surface area contributed by atoms with Crippen LogP contribution in [0.25, 0.3) is 0 Å². The van der Waals surface area contributed by atoms with Crippen LogP contribution in [-0.4, -0.2) is 53.7 Å². The summed E-state index contributed by atoms with van der Waals surface area (Å²) in [6, 6.07) is 15.3. The lowest BCUT2D eigenvalue weighted by Gasteiger charge is -2.34. The SMILES string of the molecule is CC(=O)N1CCN(C(=O)c2cccc(C(=O)Nc3ccccc3C#N)c2)CC1. The van der Waals surface area contributed by atoms with Gasteiger partial charge < -0.3 is 15.1 Å². The zero-order valence-electron chi connectivity index (χ0n) is 15.5. The number of nitriles is 1. The van der Waals surface area contributed by atoms with Gasteiger partial charge in [-0.05, 0) is 30.3 Å². The van der Waals surface area contributed by atoms with E-state index in [2.05, 4.69) is 5.32 Å². The summed E-state index contributed by atoms with van der Waals surface area (Å²) in [5.41, 5.74) is 1.54. The van der Waals surface area contributed by atoms with Crippen molar-refractivity contribution in [2.24, 2.45) is 0 Å². The van der Waals surface area contributed by atoms with E-state index in [1.807, 2.05) is 6.07 Å². The predicted octanol–water partition coefficient (Wildman–Crippen LogP) is 2.11. The van der Waals surface area contributed by atoms with E-state index < -0.39 is 5.91 Å². The van der Waals surface area contributed by atoms with E-state index in [9.17, 15) is 14.4 Å². The molecule has 3 amide bonds. The maximum absolute atomic E-state index is 12.8. The molecule has 3 rings (SSSR count). The first-order valence-electron chi connectivity index (χ1n) is 8.95. The Balaban J connectivity index is 1.72. The molecule has 2 aromatic carbocycles. The molecule has 28 heavy (non-hydrogen) atoms. The van der Waals surface area contributed by atoms with Crippen molar-refractivity contribution in [3.8, 4) is 6.07 Å². The third-order valence-electron chi connectivity index (χ3n) is 4.68. The van der Waals surface area contributed by atoms with Crippen LogP contribution in [0.2, 0.25) is 0 Å². The van der Waals surface area contributed by atoms with Crippen molar-refractivity contribution in [3.05, 3.63) is 65.2 Å². The highest BCUT2D eigenvalue weighted by molar-refractivity contribution is 6.06. The Morgan fingerprint density at radius 2 is 1.57 bits per heavy atom. The number of rotatable bonds is 3. The maximum atomic E-state index is 12.8. The van der Waals surface area contributed by atoms with Gasteiger partial charge >= 0.3 is 0 Å². The summed E-state index contributed by atoms with van der Waals surface area (Å²) < 4.78 is 0. The number of nitrogens with zero attached hydrogens (tertiary/aromatic N) is 3. The Kier molecular flexibility index (Phi) is 5.70.